The minimum atomic E-state index is -0.269. The maximum absolute atomic E-state index is 13.0. The van der Waals surface area contributed by atoms with Crippen molar-refractivity contribution >= 4 is 29.3 Å². The second-order valence-corrected chi connectivity index (χ2v) is 6.41. The van der Waals surface area contributed by atoms with Crippen molar-refractivity contribution in [3.63, 3.8) is 0 Å². The van der Waals surface area contributed by atoms with Crippen molar-refractivity contribution in [3.05, 3.63) is 70.5 Å². The SMILES string of the molecule is O=C(c1cccc(Cl)c1)N1CCSC1c1ccc(F)cc1. The minimum Gasteiger partial charge on any atom is -0.322 e. The molecule has 1 atom stereocenters. The van der Waals surface area contributed by atoms with E-state index in [4.69, 9.17) is 11.6 Å². The average Bonchev–Trinajstić information content (AvgIpc) is 2.96. The van der Waals surface area contributed by atoms with Gasteiger partial charge in [-0.1, -0.05) is 29.8 Å². The first-order chi connectivity index (χ1) is 10.1. The number of carbonyl (C=O) groups is 1. The van der Waals surface area contributed by atoms with Gasteiger partial charge >= 0.3 is 0 Å². The highest BCUT2D eigenvalue weighted by Gasteiger charge is 2.31. The summed E-state index contributed by atoms with van der Waals surface area (Å²) in [4.78, 5) is 14.4. The molecule has 1 saturated heterocycles. The third kappa shape index (κ3) is 3.06. The number of hydrogen-bond acceptors (Lipinski definition) is 2. The lowest BCUT2D eigenvalue weighted by molar-refractivity contribution is 0.0760. The molecule has 0 N–H and O–H groups in total. The number of nitrogens with zero attached hydrogens (tertiary/aromatic N) is 1. The van der Waals surface area contributed by atoms with Crippen LogP contribution in [0.1, 0.15) is 21.3 Å². The van der Waals surface area contributed by atoms with E-state index < -0.39 is 0 Å². The van der Waals surface area contributed by atoms with Gasteiger partial charge in [-0.05, 0) is 35.9 Å². The number of amides is 1. The summed E-state index contributed by atoms with van der Waals surface area (Å²) in [5, 5.41) is 0.475. The average molecular weight is 322 g/mol. The molecule has 5 heteroatoms. The maximum Gasteiger partial charge on any atom is 0.255 e. The summed E-state index contributed by atoms with van der Waals surface area (Å²) < 4.78 is 13.0. The molecule has 1 unspecified atom stereocenters. The number of halogens is 2. The summed E-state index contributed by atoms with van der Waals surface area (Å²) >= 11 is 7.64. The van der Waals surface area contributed by atoms with Crippen molar-refractivity contribution in [1.82, 2.24) is 4.90 Å². The Morgan fingerprint density at radius 2 is 2.00 bits per heavy atom. The van der Waals surface area contributed by atoms with Crippen LogP contribution in [0.4, 0.5) is 4.39 Å². The van der Waals surface area contributed by atoms with Crippen LogP contribution in [-0.4, -0.2) is 23.1 Å². The topological polar surface area (TPSA) is 20.3 Å². The largest absolute Gasteiger partial charge is 0.322 e. The number of thioether (sulfide) groups is 1. The van der Waals surface area contributed by atoms with Crippen LogP contribution in [0, 0.1) is 5.82 Å². The Bertz CT molecular complexity index is 662. The van der Waals surface area contributed by atoms with Crippen molar-refractivity contribution in [3.8, 4) is 0 Å². The second kappa shape index (κ2) is 6.08. The molecule has 0 aliphatic carbocycles. The highest BCUT2D eigenvalue weighted by atomic mass is 35.5. The van der Waals surface area contributed by atoms with Gasteiger partial charge < -0.3 is 4.90 Å². The molecule has 108 valence electrons. The van der Waals surface area contributed by atoms with Gasteiger partial charge in [-0.3, -0.25) is 4.79 Å². The van der Waals surface area contributed by atoms with E-state index in [-0.39, 0.29) is 17.1 Å². The van der Waals surface area contributed by atoms with Gasteiger partial charge in [0, 0.05) is 22.9 Å². The molecular weight excluding hydrogens is 309 g/mol. The van der Waals surface area contributed by atoms with Crippen LogP contribution in [-0.2, 0) is 0 Å². The number of benzene rings is 2. The molecule has 0 spiro atoms. The monoisotopic (exact) mass is 321 g/mol. The summed E-state index contributed by atoms with van der Waals surface area (Å²) in [5.41, 5.74) is 1.52. The fourth-order valence-corrected chi connectivity index (χ4v) is 3.82. The molecule has 1 amide bonds. The van der Waals surface area contributed by atoms with Gasteiger partial charge in [0.05, 0.1) is 0 Å². The highest BCUT2D eigenvalue weighted by Crippen LogP contribution is 2.38. The number of hydrogen-bond donors (Lipinski definition) is 0. The van der Waals surface area contributed by atoms with E-state index in [0.717, 1.165) is 11.3 Å². The third-order valence-corrected chi connectivity index (χ3v) is 4.87. The molecule has 1 heterocycles. The lowest BCUT2D eigenvalue weighted by Crippen LogP contribution is -2.30. The first-order valence-electron chi connectivity index (χ1n) is 6.59. The van der Waals surface area contributed by atoms with E-state index in [9.17, 15) is 9.18 Å². The molecule has 0 aromatic heterocycles. The maximum atomic E-state index is 13.0. The zero-order valence-electron chi connectivity index (χ0n) is 11.1. The zero-order valence-corrected chi connectivity index (χ0v) is 12.7. The van der Waals surface area contributed by atoms with Gasteiger partial charge in [0.15, 0.2) is 0 Å². The Morgan fingerprint density at radius 1 is 1.24 bits per heavy atom. The minimum absolute atomic E-state index is 0.0446. The van der Waals surface area contributed by atoms with Crippen molar-refractivity contribution in [2.75, 3.05) is 12.3 Å². The van der Waals surface area contributed by atoms with Crippen molar-refractivity contribution in [2.45, 2.75) is 5.37 Å². The molecule has 0 bridgehead atoms. The normalized spacial score (nSPS) is 18.0. The fraction of sp³-hybridized carbons (Fsp3) is 0.188. The Labute approximate surface area is 131 Å². The standard InChI is InChI=1S/C16H13ClFNOS/c17-13-3-1-2-12(10-13)15(20)19-8-9-21-16(19)11-4-6-14(18)7-5-11/h1-7,10,16H,8-9H2. The first kappa shape index (κ1) is 14.4. The van der Waals surface area contributed by atoms with Gasteiger partial charge in [0.25, 0.3) is 5.91 Å². The van der Waals surface area contributed by atoms with Crippen LogP contribution in [0.25, 0.3) is 0 Å². The molecule has 0 radical (unpaired) electrons. The number of rotatable bonds is 2. The molecule has 1 aliphatic heterocycles. The quantitative estimate of drug-likeness (QED) is 0.818. The Kier molecular flexibility index (Phi) is 4.17. The lowest BCUT2D eigenvalue weighted by atomic mass is 10.1. The summed E-state index contributed by atoms with van der Waals surface area (Å²) in [6, 6.07) is 13.3. The molecule has 3 rings (SSSR count). The van der Waals surface area contributed by atoms with Crippen molar-refractivity contribution in [1.29, 1.82) is 0 Å². The van der Waals surface area contributed by atoms with Gasteiger partial charge in [-0.15, -0.1) is 11.8 Å². The van der Waals surface area contributed by atoms with Gasteiger partial charge in [0.1, 0.15) is 11.2 Å². The number of carbonyl (C=O) groups excluding carboxylic acids is 1. The molecule has 1 aliphatic rings. The van der Waals surface area contributed by atoms with Crippen molar-refractivity contribution in [2.24, 2.45) is 0 Å². The summed E-state index contributed by atoms with van der Waals surface area (Å²) in [6.45, 7) is 0.679. The van der Waals surface area contributed by atoms with E-state index in [2.05, 4.69) is 0 Å². The Hall–Kier alpha value is -1.52. The Balaban J connectivity index is 1.87. The molecule has 2 aromatic carbocycles. The van der Waals surface area contributed by atoms with Crippen LogP contribution >= 0.6 is 23.4 Å². The summed E-state index contributed by atoms with van der Waals surface area (Å²) in [6.07, 6.45) is 0. The van der Waals surface area contributed by atoms with Crippen LogP contribution in [0.5, 0.6) is 0 Å². The highest BCUT2D eigenvalue weighted by molar-refractivity contribution is 7.99. The van der Waals surface area contributed by atoms with E-state index >= 15 is 0 Å². The fourth-order valence-electron chi connectivity index (χ4n) is 2.37. The van der Waals surface area contributed by atoms with E-state index in [1.54, 1.807) is 48.2 Å². The molecular formula is C16H13ClFNOS. The van der Waals surface area contributed by atoms with Gasteiger partial charge in [-0.25, -0.2) is 4.39 Å². The summed E-state index contributed by atoms with van der Waals surface area (Å²) in [7, 11) is 0. The van der Waals surface area contributed by atoms with Crippen molar-refractivity contribution < 1.29 is 9.18 Å². The van der Waals surface area contributed by atoms with Crippen LogP contribution in [0.3, 0.4) is 0 Å². The predicted octanol–water partition coefficient (Wildman–Crippen LogP) is 4.37. The molecule has 21 heavy (non-hydrogen) atoms. The van der Waals surface area contributed by atoms with Gasteiger partial charge in [0.2, 0.25) is 0 Å². The predicted molar refractivity (Wildman–Crippen MR) is 84.1 cm³/mol. The van der Waals surface area contributed by atoms with Crippen LogP contribution in [0.15, 0.2) is 48.5 Å². The lowest BCUT2D eigenvalue weighted by Gasteiger charge is -2.24. The molecule has 1 fully saturated rings. The second-order valence-electron chi connectivity index (χ2n) is 4.78. The van der Waals surface area contributed by atoms with E-state index in [1.165, 1.54) is 12.1 Å². The molecule has 2 aromatic rings. The van der Waals surface area contributed by atoms with Crippen LogP contribution in [0.2, 0.25) is 5.02 Å². The van der Waals surface area contributed by atoms with E-state index in [0.29, 0.717) is 17.1 Å². The Morgan fingerprint density at radius 3 is 2.71 bits per heavy atom. The van der Waals surface area contributed by atoms with E-state index in [1.807, 2.05) is 4.90 Å². The first-order valence-corrected chi connectivity index (χ1v) is 8.01. The smallest absolute Gasteiger partial charge is 0.255 e. The van der Waals surface area contributed by atoms with Gasteiger partial charge in [-0.2, -0.15) is 0 Å². The molecule has 0 saturated carbocycles. The third-order valence-electron chi connectivity index (χ3n) is 3.38. The molecule has 2 nitrogen and oxygen atoms in total. The summed E-state index contributed by atoms with van der Waals surface area (Å²) in [5.74, 6) is 0.556. The van der Waals surface area contributed by atoms with Crippen LogP contribution < -0.4 is 0 Å². The zero-order chi connectivity index (χ0) is 14.8.